The van der Waals surface area contributed by atoms with Crippen LogP contribution in [0.2, 0.25) is 0 Å². The molecule has 1 N–H and O–H groups in total. The Balaban J connectivity index is 1.53. The van der Waals surface area contributed by atoms with Crippen molar-refractivity contribution in [3.05, 3.63) is 70.2 Å². The van der Waals surface area contributed by atoms with Gasteiger partial charge in [-0.25, -0.2) is 4.98 Å². The van der Waals surface area contributed by atoms with Crippen molar-refractivity contribution in [3.8, 4) is 10.6 Å². The lowest BCUT2D eigenvalue weighted by molar-refractivity contribution is -0.113. The van der Waals surface area contributed by atoms with Crippen LogP contribution in [-0.4, -0.2) is 16.6 Å². The molecule has 3 rings (SSSR count). The average molecular weight is 397 g/mol. The second-order valence-corrected chi connectivity index (χ2v) is 8.36. The molecule has 5 heteroatoms. The van der Waals surface area contributed by atoms with E-state index in [2.05, 4.69) is 54.9 Å². The number of thiazole rings is 1. The molecular weight excluding hydrogens is 372 g/mol. The zero-order valence-electron chi connectivity index (χ0n) is 15.9. The summed E-state index contributed by atoms with van der Waals surface area (Å²) in [5, 5.41) is 6.18. The molecule has 1 heterocycles. The standard InChI is InChI=1S/C22H24N2OS2/c1-4-17-7-5-6-16(3)21(17)24-20(25)14-26-12-19-13-27-22(23-19)18-10-8-15(2)9-11-18/h5-11,13H,4,12,14H2,1-3H3,(H,24,25). The van der Waals surface area contributed by atoms with Crippen LogP contribution in [0.5, 0.6) is 0 Å². The lowest BCUT2D eigenvalue weighted by Gasteiger charge is -2.12. The van der Waals surface area contributed by atoms with Crippen LogP contribution >= 0.6 is 23.1 Å². The second kappa shape index (κ2) is 9.20. The lowest BCUT2D eigenvalue weighted by Crippen LogP contribution is -2.16. The van der Waals surface area contributed by atoms with E-state index in [9.17, 15) is 4.79 Å². The number of thioether (sulfide) groups is 1. The quantitative estimate of drug-likeness (QED) is 0.544. The molecule has 0 aliphatic heterocycles. The second-order valence-electron chi connectivity index (χ2n) is 6.51. The number of hydrogen-bond donors (Lipinski definition) is 1. The molecule has 1 aromatic heterocycles. The highest BCUT2D eigenvalue weighted by Crippen LogP contribution is 2.26. The molecular formula is C22H24N2OS2. The highest BCUT2D eigenvalue weighted by atomic mass is 32.2. The Kier molecular flexibility index (Phi) is 6.69. The fraction of sp³-hybridized carbons (Fsp3) is 0.273. The van der Waals surface area contributed by atoms with Crippen LogP contribution in [0.3, 0.4) is 0 Å². The highest BCUT2D eigenvalue weighted by Gasteiger charge is 2.10. The minimum Gasteiger partial charge on any atom is -0.325 e. The van der Waals surface area contributed by atoms with Gasteiger partial charge in [-0.05, 0) is 31.4 Å². The first kappa shape index (κ1) is 19.6. The molecule has 0 saturated carbocycles. The summed E-state index contributed by atoms with van der Waals surface area (Å²) >= 11 is 3.25. The maximum absolute atomic E-state index is 12.3. The maximum Gasteiger partial charge on any atom is 0.234 e. The number of aryl methyl sites for hydroxylation is 3. The van der Waals surface area contributed by atoms with Gasteiger partial charge in [0.05, 0.1) is 11.4 Å². The van der Waals surface area contributed by atoms with Gasteiger partial charge in [-0.15, -0.1) is 23.1 Å². The van der Waals surface area contributed by atoms with E-state index in [1.165, 1.54) is 11.1 Å². The number of nitrogens with one attached hydrogen (secondary N) is 1. The van der Waals surface area contributed by atoms with E-state index in [1.807, 2.05) is 19.1 Å². The van der Waals surface area contributed by atoms with Crippen molar-refractivity contribution in [1.29, 1.82) is 0 Å². The number of aromatic nitrogens is 1. The Morgan fingerprint density at radius 2 is 1.93 bits per heavy atom. The van der Waals surface area contributed by atoms with E-state index in [-0.39, 0.29) is 5.91 Å². The molecule has 2 aromatic carbocycles. The van der Waals surface area contributed by atoms with E-state index in [4.69, 9.17) is 4.98 Å². The summed E-state index contributed by atoms with van der Waals surface area (Å²) in [5.41, 5.74) is 6.66. The molecule has 0 aliphatic rings. The summed E-state index contributed by atoms with van der Waals surface area (Å²) in [5.74, 6) is 1.21. The van der Waals surface area contributed by atoms with Crippen LogP contribution in [0, 0.1) is 13.8 Å². The van der Waals surface area contributed by atoms with Gasteiger partial charge >= 0.3 is 0 Å². The summed E-state index contributed by atoms with van der Waals surface area (Å²) in [7, 11) is 0. The molecule has 0 unspecified atom stereocenters. The van der Waals surface area contributed by atoms with E-state index in [0.717, 1.165) is 39.7 Å². The largest absolute Gasteiger partial charge is 0.325 e. The number of para-hydroxylation sites is 1. The number of amides is 1. The Morgan fingerprint density at radius 3 is 2.67 bits per heavy atom. The van der Waals surface area contributed by atoms with Crippen LogP contribution < -0.4 is 5.32 Å². The highest BCUT2D eigenvalue weighted by molar-refractivity contribution is 7.99. The van der Waals surface area contributed by atoms with Gasteiger partial charge in [0.15, 0.2) is 0 Å². The Labute approximate surface area is 169 Å². The molecule has 27 heavy (non-hydrogen) atoms. The number of carbonyl (C=O) groups is 1. The fourth-order valence-corrected chi connectivity index (χ4v) is 4.48. The third-order valence-electron chi connectivity index (χ3n) is 4.34. The molecule has 0 aliphatic carbocycles. The molecule has 3 aromatic rings. The first-order valence-corrected chi connectivity index (χ1v) is 11.1. The van der Waals surface area contributed by atoms with Gasteiger partial charge in [-0.2, -0.15) is 0 Å². The van der Waals surface area contributed by atoms with Gasteiger partial charge < -0.3 is 5.32 Å². The fourth-order valence-electron chi connectivity index (χ4n) is 2.83. The number of benzene rings is 2. The Hall–Kier alpha value is -2.11. The van der Waals surface area contributed by atoms with Gasteiger partial charge in [0.2, 0.25) is 5.91 Å². The summed E-state index contributed by atoms with van der Waals surface area (Å²) in [6, 6.07) is 14.5. The molecule has 3 nitrogen and oxygen atoms in total. The Morgan fingerprint density at radius 1 is 1.15 bits per heavy atom. The predicted molar refractivity (Wildman–Crippen MR) is 118 cm³/mol. The number of hydrogen-bond acceptors (Lipinski definition) is 4. The molecule has 1 amide bonds. The van der Waals surface area contributed by atoms with Crippen molar-refractivity contribution in [2.45, 2.75) is 32.9 Å². The molecule has 0 atom stereocenters. The maximum atomic E-state index is 12.3. The normalized spacial score (nSPS) is 10.8. The van der Waals surface area contributed by atoms with Crippen molar-refractivity contribution in [2.75, 3.05) is 11.1 Å². The molecule has 0 spiro atoms. The van der Waals surface area contributed by atoms with Gasteiger partial charge in [0.25, 0.3) is 0 Å². The van der Waals surface area contributed by atoms with Crippen LogP contribution in [0.25, 0.3) is 10.6 Å². The summed E-state index contributed by atoms with van der Waals surface area (Å²) < 4.78 is 0. The van der Waals surface area contributed by atoms with Gasteiger partial charge in [0.1, 0.15) is 5.01 Å². The van der Waals surface area contributed by atoms with Crippen LogP contribution in [0.4, 0.5) is 5.69 Å². The number of anilines is 1. The monoisotopic (exact) mass is 396 g/mol. The zero-order chi connectivity index (χ0) is 19.2. The van der Waals surface area contributed by atoms with Crippen LogP contribution in [-0.2, 0) is 17.0 Å². The van der Waals surface area contributed by atoms with Crippen LogP contribution in [0.1, 0.15) is 29.3 Å². The number of rotatable bonds is 7. The van der Waals surface area contributed by atoms with Gasteiger partial charge in [0, 0.05) is 22.4 Å². The van der Waals surface area contributed by atoms with Crippen molar-refractivity contribution in [1.82, 2.24) is 4.98 Å². The smallest absolute Gasteiger partial charge is 0.234 e. The molecule has 0 bridgehead atoms. The van der Waals surface area contributed by atoms with E-state index >= 15 is 0 Å². The summed E-state index contributed by atoms with van der Waals surface area (Å²) in [6.45, 7) is 6.22. The van der Waals surface area contributed by atoms with E-state index < -0.39 is 0 Å². The van der Waals surface area contributed by atoms with E-state index in [1.54, 1.807) is 23.1 Å². The third-order valence-corrected chi connectivity index (χ3v) is 6.24. The zero-order valence-corrected chi connectivity index (χ0v) is 17.5. The van der Waals surface area contributed by atoms with Crippen LogP contribution in [0.15, 0.2) is 47.8 Å². The first-order chi connectivity index (χ1) is 13.1. The predicted octanol–water partition coefficient (Wildman–Crippen LogP) is 5.86. The van der Waals surface area contributed by atoms with E-state index in [0.29, 0.717) is 5.75 Å². The van der Waals surface area contributed by atoms with Gasteiger partial charge in [-0.1, -0.05) is 55.0 Å². The molecule has 0 fully saturated rings. The minimum absolute atomic E-state index is 0.0398. The van der Waals surface area contributed by atoms with Crippen molar-refractivity contribution < 1.29 is 4.79 Å². The van der Waals surface area contributed by atoms with Crippen molar-refractivity contribution in [2.24, 2.45) is 0 Å². The first-order valence-electron chi connectivity index (χ1n) is 9.04. The number of nitrogens with zero attached hydrogens (tertiary/aromatic N) is 1. The molecule has 0 saturated heterocycles. The summed E-state index contributed by atoms with van der Waals surface area (Å²) in [4.78, 5) is 17.0. The topological polar surface area (TPSA) is 42.0 Å². The average Bonchev–Trinajstić information content (AvgIpc) is 3.13. The SMILES string of the molecule is CCc1cccc(C)c1NC(=O)CSCc1csc(-c2ccc(C)cc2)n1. The minimum atomic E-state index is 0.0398. The number of carbonyl (C=O) groups excluding carboxylic acids is 1. The van der Waals surface area contributed by atoms with Gasteiger partial charge in [-0.3, -0.25) is 4.79 Å². The molecule has 140 valence electrons. The third kappa shape index (κ3) is 5.21. The van der Waals surface area contributed by atoms with Crippen molar-refractivity contribution in [3.63, 3.8) is 0 Å². The summed E-state index contributed by atoms with van der Waals surface area (Å²) in [6.07, 6.45) is 0.908. The molecule has 0 radical (unpaired) electrons. The Bertz CT molecular complexity index is 916. The lowest BCUT2D eigenvalue weighted by atomic mass is 10.1. The van der Waals surface area contributed by atoms with Crippen molar-refractivity contribution >= 4 is 34.7 Å².